The van der Waals surface area contributed by atoms with E-state index in [4.69, 9.17) is 4.18 Å². The van der Waals surface area contributed by atoms with Crippen LogP contribution in [0.25, 0.3) is 0 Å². The zero-order chi connectivity index (χ0) is 15.6. The molecule has 22 heavy (non-hydrogen) atoms. The summed E-state index contributed by atoms with van der Waals surface area (Å²) < 4.78 is 30.1. The Kier molecular flexibility index (Phi) is 4.06. The second kappa shape index (κ2) is 5.86. The average molecular weight is 316 g/mol. The lowest BCUT2D eigenvalue weighted by atomic mass is 9.65. The Labute approximate surface area is 132 Å². The van der Waals surface area contributed by atoms with E-state index < -0.39 is 10.1 Å². The van der Waals surface area contributed by atoms with Crippen LogP contribution in [-0.2, 0) is 19.7 Å². The molecule has 0 bridgehead atoms. The summed E-state index contributed by atoms with van der Waals surface area (Å²) in [6.45, 7) is 2.14. The third kappa shape index (κ3) is 2.94. The third-order valence-corrected chi connectivity index (χ3v) is 5.77. The predicted octanol–water partition coefficient (Wildman–Crippen LogP) is 3.82. The quantitative estimate of drug-likeness (QED) is 0.788. The molecule has 0 saturated heterocycles. The highest BCUT2D eigenvalue weighted by Gasteiger charge is 2.40. The minimum atomic E-state index is -3.69. The highest BCUT2D eigenvalue weighted by Crippen LogP contribution is 2.44. The lowest BCUT2D eigenvalue weighted by Crippen LogP contribution is -2.39. The van der Waals surface area contributed by atoms with Gasteiger partial charge in [-0.05, 0) is 37.5 Å². The van der Waals surface area contributed by atoms with E-state index in [1.165, 1.54) is 5.56 Å². The summed E-state index contributed by atoms with van der Waals surface area (Å²) in [7, 11) is -3.69. The van der Waals surface area contributed by atoms with Crippen molar-refractivity contribution in [3.05, 3.63) is 65.7 Å². The number of hydrogen-bond donors (Lipinski definition) is 0. The van der Waals surface area contributed by atoms with E-state index >= 15 is 0 Å². The molecule has 0 unspecified atom stereocenters. The molecular formula is C18H20O3S. The van der Waals surface area contributed by atoms with Gasteiger partial charge in [-0.15, -0.1) is 0 Å². The van der Waals surface area contributed by atoms with E-state index in [-0.39, 0.29) is 16.9 Å². The van der Waals surface area contributed by atoms with Crippen molar-refractivity contribution in [1.29, 1.82) is 0 Å². The molecule has 2 aromatic carbocycles. The SMILES string of the molecule is Cc1ccc(S(=O)(=O)OCC2(c3ccccc3)CCC2)cc1. The normalized spacial score (nSPS) is 17.0. The number of aryl methyl sites for hydroxylation is 1. The van der Waals surface area contributed by atoms with E-state index in [1.54, 1.807) is 24.3 Å². The zero-order valence-corrected chi connectivity index (χ0v) is 13.5. The molecule has 1 fully saturated rings. The fraction of sp³-hybridized carbons (Fsp3) is 0.333. The van der Waals surface area contributed by atoms with Crippen molar-refractivity contribution in [3.63, 3.8) is 0 Å². The van der Waals surface area contributed by atoms with Crippen LogP contribution in [-0.4, -0.2) is 15.0 Å². The topological polar surface area (TPSA) is 43.4 Å². The van der Waals surface area contributed by atoms with Crippen molar-refractivity contribution in [2.75, 3.05) is 6.61 Å². The van der Waals surface area contributed by atoms with Crippen LogP contribution in [0.4, 0.5) is 0 Å². The van der Waals surface area contributed by atoms with Gasteiger partial charge in [-0.25, -0.2) is 0 Å². The molecule has 116 valence electrons. The van der Waals surface area contributed by atoms with Gasteiger partial charge in [-0.1, -0.05) is 54.4 Å². The molecule has 3 rings (SSSR count). The van der Waals surface area contributed by atoms with Crippen LogP contribution in [0.3, 0.4) is 0 Å². The first-order chi connectivity index (χ1) is 10.5. The molecule has 0 radical (unpaired) electrons. The standard InChI is InChI=1S/C18H20O3S/c1-15-8-10-17(11-9-15)22(19,20)21-14-18(12-5-13-18)16-6-3-2-4-7-16/h2-4,6-11H,5,12-14H2,1H3. The van der Waals surface area contributed by atoms with Gasteiger partial charge in [0.15, 0.2) is 0 Å². The molecule has 0 heterocycles. The Hall–Kier alpha value is -1.65. The van der Waals surface area contributed by atoms with Crippen molar-refractivity contribution >= 4 is 10.1 Å². The molecule has 0 atom stereocenters. The van der Waals surface area contributed by atoms with Crippen LogP contribution in [0.1, 0.15) is 30.4 Å². The zero-order valence-electron chi connectivity index (χ0n) is 12.7. The maximum atomic E-state index is 12.3. The first kappa shape index (κ1) is 15.3. The Morgan fingerprint density at radius 1 is 1.00 bits per heavy atom. The Morgan fingerprint density at radius 2 is 1.64 bits per heavy atom. The summed E-state index contributed by atoms with van der Waals surface area (Å²) in [6.07, 6.45) is 3.06. The smallest absolute Gasteiger partial charge is 0.265 e. The summed E-state index contributed by atoms with van der Waals surface area (Å²) in [5.41, 5.74) is 2.04. The molecule has 0 amide bonds. The largest absolute Gasteiger partial charge is 0.297 e. The van der Waals surface area contributed by atoms with E-state index in [2.05, 4.69) is 12.1 Å². The number of benzene rings is 2. The molecule has 1 aliphatic rings. The lowest BCUT2D eigenvalue weighted by molar-refractivity contribution is 0.140. The third-order valence-electron chi connectivity index (χ3n) is 4.50. The summed E-state index contributed by atoms with van der Waals surface area (Å²) >= 11 is 0. The average Bonchev–Trinajstić information content (AvgIpc) is 2.47. The van der Waals surface area contributed by atoms with Gasteiger partial charge >= 0.3 is 0 Å². The van der Waals surface area contributed by atoms with Gasteiger partial charge in [-0.2, -0.15) is 8.42 Å². The van der Waals surface area contributed by atoms with Crippen molar-refractivity contribution in [3.8, 4) is 0 Å². The van der Waals surface area contributed by atoms with Crippen LogP contribution in [0.2, 0.25) is 0 Å². The number of rotatable bonds is 5. The van der Waals surface area contributed by atoms with Crippen LogP contribution in [0.15, 0.2) is 59.5 Å². The number of hydrogen-bond acceptors (Lipinski definition) is 3. The van der Waals surface area contributed by atoms with E-state index in [0.29, 0.717) is 0 Å². The molecule has 1 aliphatic carbocycles. The fourth-order valence-electron chi connectivity index (χ4n) is 2.87. The molecular weight excluding hydrogens is 296 g/mol. The van der Waals surface area contributed by atoms with Crippen molar-refractivity contribution in [2.24, 2.45) is 0 Å². The van der Waals surface area contributed by atoms with Gasteiger partial charge in [-0.3, -0.25) is 4.18 Å². The van der Waals surface area contributed by atoms with Gasteiger partial charge in [0.25, 0.3) is 10.1 Å². The Morgan fingerprint density at radius 3 is 2.18 bits per heavy atom. The molecule has 3 nitrogen and oxygen atoms in total. The van der Waals surface area contributed by atoms with Gasteiger partial charge in [0.1, 0.15) is 0 Å². The summed E-state index contributed by atoms with van der Waals surface area (Å²) in [4.78, 5) is 0.223. The van der Waals surface area contributed by atoms with Crippen LogP contribution in [0.5, 0.6) is 0 Å². The molecule has 2 aromatic rings. The van der Waals surface area contributed by atoms with Gasteiger partial charge in [0.2, 0.25) is 0 Å². The van der Waals surface area contributed by atoms with E-state index in [9.17, 15) is 8.42 Å². The molecule has 0 N–H and O–H groups in total. The second-order valence-corrected chi connectivity index (χ2v) is 7.64. The maximum Gasteiger partial charge on any atom is 0.297 e. The molecule has 4 heteroatoms. The molecule has 0 aliphatic heterocycles. The molecule has 0 aromatic heterocycles. The van der Waals surface area contributed by atoms with Gasteiger partial charge in [0.05, 0.1) is 11.5 Å². The predicted molar refractivity (Wildman–Crippen MR) is 86.3 cm³/mol. The highest BCUT2D eigenvalue weighted by atomic mass is 32.2. The lowest BCUT2D eigenvalue weighted by Gasteiger charge is -2.41. The summed E-state index contributed by atoms with van der Waals surface area (Å²) in [5.74, 6) is 0. The Balaban J connectivity index is 1.77. The monoisotopic (exact) mass is 316 g/mol. The van der Waals surface area contributed by atoms with Crippen molar-refractivity contribution in [1.82, 2.24) is 0 Å². The minimum absolute atomic E-state index is 0.154. The van der Waals surface area contributed by atoms with Crippen LogP contribution in [0, 0.1) is 6.92 Å². The van der Waals surface area contributed by atoms with Gasteiger partial charge in [0, 0.05) is 5.41 Å². The minimum Gasteiger partial charge on any atom is -0.265 e. The molecule has 1 saturated carbocycles. The van der Waals surface area contributed by atoms with Gasteiger partial charge < -0.3 is 0 Å². The first-order valence-electron chi connectivity index (χ1n) is 7.54. The van der Waals surface area contributed by atoms with Crippen molar-refractivity contribution < 1.29 is 12.6 Å². The Bertz CT molecular complexity index is 730. The highest BCUT2D eigenvalue weighted by molar-refractivity contribution is 7.86. The summed E-state index contributed by atoms with van der Waals surface area (Å²) in [6, 6.07) is 16.8. The van der Waals surface area contributed by atoms with E-state index in [1.807, 2.05) is 25.1 Å². The molecule has 0 spiro atoms. The summed E-state index contributed by atoms with van der Waals surface area (Å²) in [5, 5.41) is 0. The van der Waals surface area contributed by atoms with Crippen molar-refractivity contribution in [2.45, 2.75) is 36.5 Å². The van der Waals surface area contributed by atoms with E-state index in [0.717, 1.165) is 24.8 Å². The maximum absolute atomic E-state index is 12.3. The fourth-order valence-corrected chi connectivity index (χ4v) is 3.86. The second-order valence-electron chi connectivity index (χ2n) is 6.03. The first-order valence-corrected chi connectivity index (χ1v) is 8.94. The van der Waals surface area contributed by atoms with Crippen LogP contribution >= 0.6 is 0 Å². The van der Waals surface area contributed by atoms with Crippen LogP contribution < -0.4 is 0 Å².